The summed E-state index contributed by atoms with van der Waals surface area (Å²) >= 11 is 0. The van der Waals surface area contributed by atoms with E-state index in [9.17, 15) is 18.4 Å². The predicted octanol–water partition coefficient (Wildman–Crippen LogP) is 3.04. The maximum Gasteiger partial charge on any atom is 0.203 e. The molecule has 0 unspecified atom stereocenters. The van der Waals surface area contributed by atoms with Gasteiger partial charge in [-0.3, -0.25) is 9.59 Å². The van der Waals surface area contributed by atoms with Gasteiger partial charge in [0.05, 0.1) is 5.56 Å². The average molecular weight is 276 g/mol. The van der Waals surface area contributed by atoms with Crippen molar-refractivity contribution in [1.82, 2.24) is 0 Å². The Morgan fingerprint density at radius 3 is 2.50 bits per heavy atom. The first-order chi connectivity index (χ1) is 9.61. The van der Waals surface area contributed by atoms with Crippen molar-refractivity contribution in [1.29, 1.82) is 0 Å². The highest BCUT2D eigenvalue weighted by atomic mass is 19.1. The Kier molecular flexibility index (Phi) is 4.20. The second kappa shape index (κ2) is 6.06. The van der Waals surface area contributed by atoms with E-state index in [1.807, 2.05) is 0 Å². The van der Waals surface area contributed by atoms with Crippen LogP contribution in [0.3, 0.4) is 0 Å². The SMILES string of the molecule is O=Cc1ccc(OCC(=O)c2ccccc2F)c(F)c1. The summed E-state index contributed by atoms with van der Waals surface area (Å²) in [5.74, 6) is -2.17. The Morgan fingerprint density at radius 1 is 1.10 bits per heavy atom. The first kappa shape index (κ1) is 13.9. The molecule has 0 radical (unpaired) electrons. The number of halogens is 2. The predicted molar refractivity (Wildman–Crippen MR) is 68.0 cm³/mol. The standard InChI is InChI=1S/C15H10F2O3/c16-12-4-2-1-3-11(12)14(19)9-20-15-6-5-10(8-18)7-13(15)17/h1-8H,9H2. The lowest BCUT2D eigenvalue weighted by atomic mass is 10.1. The van der Waals surface area contributed by atoms with E-state index in [1.165, 1.54) is 30.3 Å². The molecule has 0 aliphatic rings. The van der Waals surface area contributed by atoms with E-state index in [1.54, 1.807) is 0 Å². The van der Waals surface area contributed by atoms with Gasteiger partial charge in [0.2, 0.25) is 5.78 Å². The van der Waals surface area contributed by atoms with Crippen molar-refractivity contribution in [3.8, 4) is 5.75 Å². The lowest BCUT2D eigenvalue weighted by Gasteiger charge is -2.07. The van der Waals surface area contributed by atoms with Crippen LogP contribution in [0, 0.1) is 11.6 Å². The van der Waals surface area contributed by atoms with Gasteiger partial charge in [0.15, 0.2) is 18.2 Å². The Balaban J connectivity index is 2.07. The van der Waals surface area contributed by atoms with Crippen LogP contribution in [0.4, 0.5) is 8.78 Å². The van der Waals surface area contributed by atoms with Crippen molar-refractivity contribution in [2.45, 2.75) is 0 Å². The van der Waals surface area contributed by atoms with Crippen molar-refractivity contribution < 1.29 is 23.1 Å². The summed E-state index contributed by atoms with van der Waals surface area (Å²) in [6.07, 6.45) is 0.497. The van der Waals surface area contributed by atoms with E-state index in [2.05, 4.69) is 0 Å². The van der Waals surface area contributed by atoms with Gasteiger partial charge in [0.25, 0.3) is 0 Å². The molecule has 0 atom stereocenters. The molecular formula is C15H10F2O3. The first-order valence-corrected chi connectivity index (χ1v) is 5.77. The topological polar surface area (TPSA) is 43.4 Å². The molecule has 0 spiro atoms. The van der Waals surface area contributed by atoms with Crippen molar-refractivity contribution in [3.63, 3.8) is 0 Å². The van der Waals surface area contributed by atoms with Crippen LogP contribution < -0.4 is 4.74 Å². The molecule has 2 aromatic rings. The largest absolute Gasteiger partial charge is 0.482 e. The second-order valence-corrected chi connectivity index (χ2v) is 4.00. The minimum absolute atomic E-state index is 0.114. The number of aldehydes is 1. The van der Waals surface area contributed by atoms with Crippen LogP contribution in [0.1, 0.15) is 20.7 Å². The van der Waals surface area contributed by atoms with E-state index in [0.29, 0.717) is 6.29 Å². The fourth-order valence-corrected chi connectivity index (χ4v) is 1.62. The maximum absolute atomic E-state index is 13.5. The van der Waals surface area contributed by atoms with Crippen molar-refractivity contribution in [2.24, 2.45) is 0 Å². The Hall–Kier alpha value is -2.56. The normalized spacial score (nSPS) is 10.1. The summed E-state index contributed by atoms with van der Waals surface area (Å²) < 4.78 is 31.9. The molecule has 0 N–H and O–H groups in total. The number of ketones is 1. The highest BCUT2D eigenvalue weighted by Gasteiger charge is 2.13. The van der Waals surface area contributed by atoms with Gasteiger partial charge in [0, 0.05) is 5.56 Å². The minimum atomic E-state index is -0.754. The summed E-state index contributed by atoms with van der Waals surface area (Å²) in [6, 6.07) is 9.07. The van der Waals surface area contributed by atoms with Crippen LogP contribution in [0.15, 0.2) is 42.5 Å². The van der Waals surface area contributed by atoms with Gasteiger partial charge in [-0.05, 0) is 30.3 Å². The molecular weight excluding hydrogens is 266 g/mol. The highest BCUT2D eigenvalue weighted by molar-refractivity contribution is 5.97. The Labute approximate surface area is 113 Å². The number of ether oxygens (including phenoxy) is 1. The van der Waals surface area contributed by atoms with Gasteiger partial charge in [0.1, 0.15) is 12.1 Å². The summed E-state index contributed by atoms with van der Waals surface area (Å²) in [7, 11) is 0. The zero-order chi connectivity index (χ0) is 14.5. The fourth-order valence-electron chi connectivity index (χ4n) is 1.62. The summed E-state index contributed by atoms with van der Waals surface area (Å²) in [4.78, 5) is 22.2. The highest BCUT2D eigenvalue weighted by Crippen LogP contribution is 2.18. The molecule has 0 aliphatic heterocycles. The molecule has 2 rings (SSSR count). The quantitative estimate of drug-likeness (QED) is 0.622. The molecule has 0 amide bonds. The van der Waals surface area contributed by atoms with E-state index < -0.39 is 24.0 Å². The number of hydrogen-bond donors (Lipinski definition) is 0. The van der Waals surface area contributed by atoms with Gasteiger partial charge in [-0.15, -0.1) is 0 Å². The van der Waals surface area contributed by atoms with Crippen molar-refractivity contribution in [2.75, 3.05) is 6.61 Å². The van der Waals surface area contributed by atoms with Crippen LogP contribution in [-0.2, 0) is 0 Å². The molecule has 0 aliphatic carbocycles. The van der Waals surface area contributed by atoms with E-state index in [-0.39, 0.29) is 16.9 Å². The molecule has 5 heteroatoms. The molecule has 102 valence electrons. The smallest absolute Gasteiger partial charge is 0.203 e. The van der Waals surface area contributed by atoms with Crippen LogP contribution >= 0.6 is 0 Å². The van der Waals surface area contributed by atoms with E-state index >= 15 is 0 Å². The number of hydrogen-bond acceptors (Lipinski definition) is 3. The molecule has 0 saturated carbocycles. The summed E-state index contributed by atoms with van der Waals surface area (Å²) in [5, 5.41) is 0. The fraction of sp³-hybridized carbons (Fsp3) is 0.0667. The molecule has 0 fully saturated rings. The zero-order valence-electron chi connectivity index (χ0n) is 10.3. The molecule has 20 heavy (non-hydrogen) atoms. The van der Waals surface area contributed by atoms with Crippen LogP contribution in [-0.4, -0.2) is 18.7 Å². The van der Waals surface area contributed by atoms with Crippen LogP contribution in [0.25, 0.3) is 0 Å². The van der Waals surface area contributed by atoms with Gasteiger partial charge in [-0.25, -0.2) is 8.78 Å². The Morgan fingerprint density at radius 2 is 1.85 bits per heavy atom. The molecule has 3 nitrogen and oxygen atoms in total. The Bertz CT molecular complexity index is 653. The lowest BCUT2D eigenvalue weighted by Crippen LogP contribution is -2.13. The third-order valence-electron chi connectivity index (χ3n) is 2.63. The van der Waals surface area contributed by atoms with Crippen molar-refractivity contribution >= 4 is 12.1 Å². The van der Waals surface area contributed by atoms with Gasteiger partial charge in [-0.1, -0.05) is 12.1 Å². The molecule has 0 bridgehead atoms. The molecule has 0 saturated heterocycles. The first-order valence-electron chi connectivity index (χ1n) is 5.77. The minimum Gasteiger partial charge on any atom is -0.482 e. The third-order valence-corrected chi connectivity index (χ3v) is 2.63. The number of carbonyl (C=O) groups excluding carboxylic acids is 2. The van der Waals surface area contributed by atoms with Gasteiger partial charge >= 0.3 is 0 Å². The maximum atomic E-state index is 13.5. The number of benzene rings is 2. The zero-order valence-corrected chi connectivity index (χ0v) is 10.3. The third kappa shape index (κ3) is 3.06. The molecule has 0 heterocycles. The van der Waals surface area contributed by atoms with Gasteiger partial charge < -0.3 is 4.74 Å². The second-order valence-electron chi connectivity index (χ2n) is 4.00. The van der Waals surface area contributed by atoms with E-state index in [4.69, 9.17) is 4.74 Å². The van der Waals surface area contributed by atoms with Crippen molar-refractivity contribution in [3.05, 3.63) is 65.2 Å². The van der Waals surface area contributed by atoms with Crippen LogP contribution in [0.5, 0.6) is 5.75 Å². The van der Waals surface area contributed by atoms with Crippen LogP contribution in [0.2, 0.25) is 0 Å². The molecule has 0 aromatic heterocycles. The van der Waals surface area contributed by atoms with Gasteiger partial charge in [-0.2, -0.15) is 0 Å². The van der Waals surface area contributed by atoms with E-state index in [0.717, 1.165) is 12.1 Å². The molecule has 2 aromatic carbocycles. The number of carbonyl (C=O) groups is 2. The summed E-state index contributed by atoms with van der Waals surface area (Å²) in [5.41, 5.74) is 0.0488. The monoisotopic (exact) mass is 276 g/mol. The lowest BCUT2D eigenvalue weighted by molar-refractivity contribution is 0.0914. The number of Topliss-reactive ketones (excluding diaryl/α,β-unsaturated/α-hetero) is 1. The number of rotatable bonds is 5. The average Bonchev–Trinajstić information content (AvgIpc) is 2.46. The summed E-state index contributed by atoms with van der Waals surface area (Å²) in [6.45, 7) is -0.488.